The molecule has 0 atom stereocenters. The van der Waals surface area contributed by atoms with Crippen LogP contribution in [0.3, 0.4) is 0 Å². The summed E-state index contributed by atoms with van der Waals surface area (Å²) < 4.78 is 1.68. The highest BCUT2D eigenvalue weighted by atomic mass is 35.5. The van der Waals surface area contributed by atoms with E-state index in [9.17, 15) is 0 Å². The first kappa shape index (κ1) is 12.9. The minimum atomic E-state index is 0.625. The molecule has 20 heavy (non-hydrogen) atoms. The lowest BCUT2D eigenvalue weighted by atomic mass is 10.1. The summed E-state index contributed by atoms with van der Waals surface area (Å²) in [4.78, 5) is 4.38. The van der Waals surface area contributed by atoms with Crippen LogP contribution in [0.15, 0.2) is 42.6 Å². The minimum Gasteiger partial charge on any atom is -0.353 e. The maximum Gasteiger partial charge on any atom is 0.243 e. The van der Waals surface area contributed by atoms with Gasteiger partial charge < -0.3 is 5.32 Å². The molecule has 0 saturated heterocycles. The van der Waals surface area contributed by atoms with Gasteiger partial charge in [0.25, 0.3) is 0 Å². The maximum atomic E-state index is 5.92. The monoisotopic (exact) mass is 286 g/mol. The lowest BCUT2D eigenvalue weighted by Crippen LogP contribution is -2.06. The number of hydrogen-bond donors (Lipinski definition) is 1. The lowest BCUT2D eigenvalue weighted by molar-refractivity contribution is 0.937. The molecule has 0 aliphatic rings. The zero-order valence-corrected chi connectivity index (χ0v) is 11.9. The van der Waals surface area contributed by atoms with Gasteiger partial charge in [-0.15, -0.1) is 5.10 Å². The molecule has 3 aromatic rings. The van der Waals surface area contributed by atoms with Crippen molar-refractivity contribution in [3.8, 4) is 0 Å². The molecule has 4 nitrogen and oxygen atoms in total. The molecule has 0 aliphatic heterocycles. The summed E-state index contributed by atoms with van der Waals surface area (Å²) in [5.41, 5.74) is 3.37. The van der Waals surface area contributed by atoms with Gasteiger partial charge in [-0.1, -0.05) is 41.4 Å². The molecule has 0 amide bonds. The van der Waals surface area contributed by atoms with Crippen LogP contribution in [-0.4, -0.2) is 21.1 Å². The van der Waals surface area contributed by atoms with Gasteiger partial charge in [-0.25, -0.2) is 4.52 Å². The normalized spacial score (nSPS) is 10.9. The van der Waals surface area contributed by atoms with E-state index in [4.69, 9.17) is 11.6 Å². The largest absolute Gasteiger partial charge is 0.353 e. The second-order valence-electron chi connectivity index (χ2n) is 4.75. The fraction of sp³-hybridized carbons (Fsp3) is 0.200. The molecule has 0 saturated carbocycles. The Morgan fingerprint density at radius 1 is 1.25 bits per heavy atom. The standard InChI is InChI=1S/C15H15ClN4/c1-11-3-2-4-12(9-11)7-8-17-15-18-14-6-5-13(16)10-20(14)19-15/h2-6,9-10H,7-8H2,1H3,(H,17,19). The van der Waals surface area contributed by atoms with Crippen molar-refractivity contribution in [2.24, 2.45) is 0 Å². The number of hydrogen-bond acceptors (Lipinski definition) is 3. The smallest absolute Gasteiger partial charge is 0.243 e. The zero-order chi connectivity index (χ0) is 13.9. The topological polar surface area (TPSA) is 42.2 Å². The van der Waals surface area contributed by atoms with Crippen LogP contribution < -0.4 is 5.32 Å². The van der Waals surface area contributed by atoms with Crippen molar-refractivity contribution >= 4 is 23.2 Å². The molecular weight excluding hydrogens is 272 g/mol. The molecule has 5 heteroatoms. The number of nitrogens with one attached hydrogen (secondary N) is 1. The predicted octanol–water partition coefficient (Wildman–Crippen LogP) is 3.35. The number of rotatable bonds is 4. The first-order chi connectivity index (χ1) is 9.70. The highest BCUT2D eigenvalue weighted by Crippen LogP contribution is 2.11. The van der Waals surface area contributed by atoms with E-state index in [1.165, 1.54) is 11.1 Å². The Bertz CT molecular complexity index is 736. The maximum absolute atomic E-state index is 5.92. The third kappa shape index (κ3) is 2.91. The molecule has 1 aromatic carbocycles. The Labute approximate surface area is 122 Å². The van der Waals surface area contributed by atoms with Crippen LogP contribution in [0.25, 0.3) is 5.65 Å². The Morgan fingerprint density at radius 2 is 2.15 bits per heavy atom. The summed E-state index contributed by atoms with van der Waals surface area (Å²) in [6.45, 7) is 2.90. The molecular formula is C15H15ClN4. The predicted molar refractivity (Wildman–Crippen MR) is 81.4 cm³/mol. The molecule has 0 spiro atoms. The van der Waals surface area contributed by atoms with Crippen LogP contribution in [-0.2, 0) is 6.42 Å². The lowest BCUT2D eigenvalue weighted by Gasteiger charge is -2.03. The molecule has 0 bridgehead atoms. The number of fused-ring (bicyclic) bond motifs is 1. The Morgan fingerprint density at radius 3 is 3.00 bits per heavy atom. The van der Waals surface area contributed by atoms with Crippen LogP contribution in [0.1, 0.15) is 11.1 Å². The van der Waals surface area contributed by atoms with Gasteiger partial charge in [-0.2, -0.15) is 4.98 Å². The number of nitrogens with zero attached hydrogens (tertiary/aromatic N) is 3. The number of benzene rings is 1. The molecule has 1 N–H and O–H groups in total. The zero-order valence-electron chi connectivity index (χ0n) is 11.2. The first-order valence-corrected chi connectivity index (χ1v) is 6.90. The van der Waals surface area contributed by atoms with E-state index < -0.39 is 0 Å². The number of anilines is 1. The van der Waals surface area contributed by atoms with Crippen LogP contribution >= 0.6 is 11.6 Å². The summed E-state index contributed by atoms with van der Waals surface area (Å²) in [7, 11) is 0. The van der Waals surface area contributed by atoms with Gasteiger partial charge in [0.1, 0.15) is 0 Å². The van der Waals surface area contributed by atoms with E-state index in [-0.39, 0.29) is 0 Å². The van der Waals surface area contributed by atoms with E-state index in [2.05, 4.69) is 46.6 Å². The number of pyridine rings is 1. The Balaban J connectivity index is 1.65. The number of halogens is 1. The second-order valence-corrected chi connectivity index (χ2v) is 5.19. The van der Waals surface area contributed by atoms with Crippen molar-refractivity contribution in [1.82, 2.24) is 14.6 Å². The summed E-state index contributed by atoms with van der Waals surface area (Å²) in [5.74, 6) is 0.625. The van der Waals surface area contributed by atoms with Crippen LogP contribution in [0.2, 0.25) is 5.02 Å². The highest BCUT2D eigenvalue weighted by molar-refractivity contribution is 6.30. The SMILES string of the molecule is Cc1cccc(CCNc2nc3ccc(Cl)cn3n2)c1. The highest BCUT2D eigenvalue weighted by Gasteiger charge is 2.03. The molecule has 102 valence electrons. The van der Waals surface area contributed by atoms with Crippen LogP contribution in [0, 0.1) is 6.92 Å². The molecule has 2 aromatic heterocycles. The average Bonchev–Trinajstić information content (AvgIpc) is 2.80. The van der Waals surface area contributed by atoms with Gasteiger partial charge in [0.15, 0.2) is 5.65 Å². The van der Waals surface area contributed by atoms with Crippen molar-refractivity contribution in [3.05, 3.63) is 58.7 Å². The van der Waals surface area contributed by atoms with Crippen molar-refractivity contribution in [1.29, 1.82) is 0 Å². The van der Waals surface area contributed by atoms with Gasteiger partial charge in [-0.3, -0.25) is 0 Å². The molecule has 0 aliphatic carbocycles. The van der Waals surface area contributed by atoms with Gasteiger partial charge >= 0.3 is 0 Å². The molecule has 0 radical (unpaired) electrons. The van der Waals surface area contributed by atoms with Gasteiger partial charge in [-0.05, 0) is 31.0 Å². The second kappa shape index (κ2) is 5.51. The number of aryl methyl sites for hydroxylation is 1. The summed E-state index contributed by atoms with van der Waals surface area (Å²) in [6.07, 6.45) is 2.69. The Hall–Kier alpha value is -2.07. The summed E-state index contributed by atoms with van der Waals surface area (Å²) in [6, 6.07) is 12.2. The van der Waals surface area contributed by atoms with Crippen molar-refractivity contribution in [2.75, 3.05) is 11.9 Å². The third-order valence-electron chi connectivity index (χ3n) is 3.07. The minimum absolute atomic E-state index is 0.625. The molecule has 2 heterocycles. The van der Waals surface area contributed by atoms with Crippen LogP contribution in [0.5, 0.6) is 0 Å². The Kier molecular flexibility index (Phi) is 3.56. The molecule has 0 fully saturated rings. The fourth-order valence-electron chi connectivity index (χ4n) is 2.12. The quantitative estimate of drug-likeness (QED) is 0.800. The summed E-state index contributed by atoms with van der Waals surface area (Å²) >= 11 is 5.92. The molecule has 3 rings (SSSR count). The van der Waals surface area contributed by atoms with Gasteiger partial charge in [0.05, 0.1) is 5.02 Å². The van der Waals surface area contributed by atoms with E-state index in [1.54, 1.807) is 10.7 Å². The van der Waals surface area contributed by atoms with Crippen molar-refractivity contribution in [2.45, 2.75) is 13.3 Å². The van der Waals surface area contributed by atoms with Crippen LogP contribution in [0.4, 0.5) is 5.95 Å². The van der Waals surface area contributed by atoms with E-state index in [1.807, 2.05) is 12.1 Å². The van der Waals surface area contributed by atoms with E-state index in [0.29, 0.717) is 11.0 Å². The summed E-state index contributed by atoms with van der Waals surface area (Å²) in [5, 5.41) is 8.21. The third-order valence-corrected chi connectivity index (χ3v) is 3.30. The van der Waals surface area contributed by atoms with E-state index in [0.717, 1.165) is 18.6 Å². The van der Waals surface area contributed by atoms with E-state index >= 15 is 0 Å². The molecule has 0 unspecified atom stereocenters. The first-order valence-electron chi connectivity index (χ1n) is 6.52. The fourth-order valence-corrected chi connectivity index (χ4v) is 2.27. The number of aromatic nitrogens is 3. The van der Waals surface area contributed by atoms with Crippen molar-refractivity contribution in [3.63, 3.8) is 0 Å². The van der Waals surface area contributed by atoms with Gasteiger partial charge in [0.2, 0.25) is 5.95 Å². The van der Waals surface area contributed by atoms with Gasteiger partial charge in [0, 0.05) is 12.7 Å². The average molecular weight is 287 g/mol. The van der Waals surface area contributed by atoms with Crippen molar-refractivity contribution < 1.29 is 0 Å².